The SMILES string of the molecule is CN=C(NCCCOCC(C)C)NCCC1CC1. The van der Waals surface area contributed by atoms with Crippen molar-refractivity contribution in [1.82, 2.24) is 10.6 Å². The molecular formula is C14H29N3O. The zero-order valence-corrected chi connectivity index (χ0v) is 12.2. The second kappa shape index (κ2) is 9.20. The summed E-state index contributed by atoms with van der Waals surface area (Å²) in [4.78, 5) is 4.20. The first-order valence-corrected chi connectivity index (χ1v) is 7.24. The van der Waals surface area contributed by atoms with Crippen LogP contribution in [-0.2, 0) is 4.74 Å². The number of guanidine groups is 1. The van der Waals surface area contributed by atoms with Gasteiger partial charge in [0, 0.05) is 33.4 Å². The molecule has 0 unspecified atom stereocenters. The Labute approximate surface area is 112 Å². The second-order valence-electron chi connectivity index (χ2n) is 5.48. The molecule has 1 saturated carbocycles. The molecule has 0 spiro atoms. The van der Waals surface area contributed by atoms with Crippen LogP contribution in [0.25, 0.3) is 0 Å². The summed E-state index contributed by atoms with van der Waals surface area (Å²) in [7, 11) is 1.82. The maximum absolute atomic E-state index is 5.53. The highest BCUT2D eigenvalue weighted by Gasteiger charge is 2.20. The molecular weight excluding hydrogens is 226 g/mol. The van der Waals surface area contributed by atoms with E-state index >= 15 is 0 Å². The van der Waals surface area contributed by atoms with Gasteiger partial charge in [0.25, 0.3) is 0 Å². The molecule has 4 nitrogen and oxygen atoms in total. The van der Waals surface area contributed by atoms with Gasteiger partial charge >= 0.3 is 0 Å². The number of hydrogen-bond acceptors (Lipinski definition) is 2. The molecule has 106 valence electrons. The van der Waals surface area contributed by atoms with Crippen molar-refractivity contribution in [3.63, 3.8) is 0 Å². The second-order valence-corrected chi connectivity index (χ2v) is 5.48. The Morgan fingerprint density at radius 3 is 2.61 bits per heavy atom. The number of hydrogen-bond donors (Lipinski definition) is 2. The molecule has 1 aliphatic rings. The third-order valence-electron chi connectivity index (χ3n) is 2.97. The minimum absolute atomic E-state index is 0.620. The van der Waals surface area contributed by atoms with Crippen molar-refractivity contribution >= 4 is 5.96 Å². The predicted molar refractivity (Wildman–Crippen MR) is 77.0 cm³/mol. The number of rotatable bonds is 9. The van der Waals surface area contributed by atoms with E-state index < -0.39 is 0 Å². The molecule has 0 bridgehead atoms. The monoisotopic (exact) mass is 255 g/mol. The lowest BCUT2D eigenvalue weighted by molar-refractivity contribution is 0.108. The largest absolute Gasteiger partial charge is 0.381 e. The summed E-state index contributed by atoms with van der Waals surface area (Å²) in [6.45, 7) is 7.97. The number of nitrogens with zero attached hydrogens (tertiary/aromatic N) is 1. The minimum atomic E-state index is 0.620. The van der Waals surface area contributed by atoms with Gasteiger partial charge in [0.05, 0.1) is 0 Å². The van der Waals surface area contributed by atoms with Gasteiger partial charge in [-0.2, -0.15) is 0 Å². The molecule has 0 aromatic heterocycles. The van der Waals surface area contributed by atoms with Crippen molar-refractivity contribution in [1.29, 1.82) is 0 Å². The van der Waals surface area contributed by atoms with E-state index in [1.165, 1.54) is 19.3 Å². The fourth-order valence-corrected chi connectivity index (χ4v) is 1.72. The van der Waals surface area contributed by atoms with Gasteiger partial charge in [0.1, 0.15) is 0 Å². The number of ether oxygens (including phenoxy) is 1. The van der Waals surface area contributed by atoms with E-state index in [2.05, 4.69) is 29.5 Å². The van der Waals surface area contributed by atoms with Gasteiger partial charge in [0.15, 0.2) is 5.96 Å². The Kier molecular flexibility index (Phi) is 7.81. The Morgan fingerprint density at radius 1 is 1.28 bits per heavy atom. The zero-order valence-electron chi connectivity index (χ0n) is 12.2. The van der Waals surface area contributed by atoms with E-state index in [1.54, 1.807) is 0 Å². The molecule has 18 heavy (non-hydrogen) atoms. The van der Waals surface area contributed by atoms with Crippen molar-refractivity contribution in [2.75, 3.05) is 33.4 Å². The van der Waals surface area contributed by atoms with Gasteiger partial charge in [-0.15, -0.1) is 0 Å². The first-order valence-electron chi connectivity index (χ1n) is 7.24. The van der Waals surface area contributed by atoms with Crippen LogP contribution in [0, 0.1) is 11.8 Å². The molecule has 0 aromatic rings. The summed E-state index contributed by atoms with van der Waals surface area (Å²) in [6.07, 6.45) is 5.13. The summed E-state index contributed by atoms with van der Waals surface area (Å²) < 4.78 is 5.53. The minimum Gasteiger partial charge on any atom is -0.381 e. The summed E-state index contributed by atoms with van der Waals surface area (Å²) in [6, 6.07) is 0. The van der Waals surface area contributed by atoms with Gasteiger partial charge in [-0.1, -0.05) is 26.7 Å². The molecule has 1 rings (SSSR count). The van der Waals surface area contributed by atoms with Crippen molar-refractivity contribution < 1.29 is 4.74 Å². The Balaban J connectivity index is 1.90. The van der Waals surface area contributed by atoms with Crippen molar-refractivity contribution in [2.24, 2.45) is 16.8 Å². The maximum Gasteiger partial charge on any atom is 0.190 e. The average Bonchev–Trinajstić information content (AvgIpc) is 3.14. The Bertz CT molecular complexity index is 237. The molecule has 1 aliphatic carbocycles. The molecule has 1 fully saturated rings. The molecule has 0 atom stereocenters. The summed E-state index contributed by atoms with van der Waals surface area (Å²) in [5.74, 6) is 2.51. The smallest absolute Gasteiger partial charge is 0.190 e. The first kappa shape index (κ1) is 15.3. The van der Waals surface area contributed by atoms with E-state index in [0.717, 1.165) is 44.6 Å². The third kappa shape index (κ3) is 8.34. The highest BCUT2D eigenvalue weighted by molar-refractivity contribution is 5.79. The average molecular weight is 255 g/mol. The van der Waals surface area contributed by atoms with Gasteiger partial charge < -0.3 is 15.4 Å². The fraction of sp³-hybridized carbons (Fsp3) is 0.929. The van der Waals surface area contributed by atoms with Gasteiger partial charge in [-0.3, -0.25) is 4.99 Å². The summed E-state index contributed by atoms with van der Waals surface area (Å²) in [5, 5.41) is 6.66. The Morgan fingerprint density at radius 2 is 2.00 bits per heavy atom. The van der Waals surface area contributed by atoms with Crippen molar-refractivity contribution in [3.8, 4) is 0 Å². The van der Waals surface area contributed by atoms with Gasteiger partial charge in [-0.25, -0.2) is 0 Å². The van der Waals surface area contributed by atoms with E-state index in [0.29, 0.717) is 5.92 Å². The van der Waals surface area contributed by atoms with Crippen LogP contribution >= 0.6 is 0 Å². The highest BCUT2D eigenvalue weighted by atomic mass is 16.5. The van der Waals surface area contributed by atoms with Crippen LogP contribution in [0.5, 0.6) is 0 Å². The molecule has 0 amide bonds. The highest BCUT2D eigenvalue weighted by Crippen LogP contribution is 2.31. The normalized spacial score (nSPS) is 16.1. The standard InChI is InChI=1S/C14H29N3O/c1-12(2)11-18-10-4-8-16-14(15-3)17-9-7-13-5-6-13/h12-13H,4-11H2,1-3H3,(H2,15,16,17). The lowest BCUT2D eigenvalue weighted by atomic mass is 10.2. The zero-order chi connectivity index (χ0) is 13.2. The molecule has 0 heterocycles. The fourth-order valence-electron chi connectivity index (χ4n) is 1.72. The summed E-state index contributed by atoms with van der Waals surface area (Å²) in [5.41, 5.74) is 0. The van der Waals surface area contributed by atoms with Crippen LogP contribution < -0.4 is 10.6 Å². The van der Waals surface area contributed by atoms with Crippen LogP contribution in [0.1, 0.15) is 39.5 Å². The quantitative estimate of drug-likeness (QED) is 0.376. The first-order chi connectivity index (χ1) is 8.72. The molecule has 0 radical (unpaired) electrons. The van der Waals surface area contributed by atoms with Crippen LogP contribution in [0.15, 0.2) is 4.99 Å². The number of aliphatic imine (C=N–C) groups is 1. The van der Waals surface area contributed by atoms with E-state index in [4.69, 9.17) is 4.74 Å². The number of nitrogens with one attached hydrogen (secondary N) is 2. The Hall–Kier alpha value is -0.770. The molecule has 2 N–H and O–H groups in total. The molecule has 4 heteroatoms. The summed E-state index contributed by atoms with van der Waals surface area (Å²) >= 11 is 0. The van der Waals surface area contributed by atoms with E-state index in [-0.39, 0.29) is 0 Å². The van der Waals surface area contributed by atoms with Crippen LogP contribution in [-0.4, -0.2) is 39.3 Å². The van der Waals surface area contributed by atoms with Gasteiger partial charge in [-0.05, 0) is 24.7 Å². The molecule has 0 aliphatic heterocycles. The maximum atomic E-state index is 5.53. The molecule has 0 aromatic carbocycles. The van der Waals surface area contributed by atoms with Crippen LogP contribution in [0.2, 0.25) is 0 Å². The molecule has 0 saturated heterocycles. The van der Waals surface area contributed by atoms with Crippen LogP contribution in [0.3, 0.4) is 0 Å². The van der Waals surface area contributed by atoms with Crippen molar-refractivity contribution in [2.45, 2.75) is 39.5 Å². The van der Waals surface area contributed by atoms with Crippen LogP contribution in [0.4, 0.5) is 0 Å². The predicted octanol–water partition coefficient (Wildman–Crippen LogP) is 2.01. The van der Waals surface area contributed by atoms with E-state index in [9.17, 15) is 0 Å². The van der Waals surface area contributed by atoms with E-state index in [1.807, 2.05) is 7.05 Å². The lowest BCUT2D eigenvalue weighted by Gasteiger charge is -2.12. The lowest BCUT2D eigenvalue weighted by Crippen LogP contribution is -2.38. The van der Waals surface area contributed by atoms with Crippen molar-refractivity contribution in [3.05, 3.63) is 0 Å². The van der Waals surface area contributed by atoms with Gasteiger partial charge in [0.2, 0.25) is 0 Å². The topological polar surface area (TPSA) is 45.7 Å². The third-order valence-corrected chi connectivity index (χ3v) is 2.97.